The molecular weight excluding hydrogens is 478 g/mol. The third kappa shape index (κ3) is 24.0. The topological polar surface area (TPSA) is 49.3 Å². The molecule has 1 rings (SSSR count). The van der Waals surface area contributed by atoms with Crippen molar-refractivity contribution in [1.82, 2.24) is 5.32 Å². The maximum Gasteiger partial charge on any atom is 0.251 e. The van der Waals surface area contributed by atoms with E-state index in [0.717, 1.165) is 13.0 Å². The lowest BCUT2D eigenvalue weighted by molar-refractivity contribution is 0.0953. The van der Waals surface area contributed by atoms with Crippen molar-refractivity contribution >= 4 is 5.91 Å². The minimum absolute atomic E-state index is 0.0511. The quantitative estimate of drug-likeness (QED) is 0.0987. The largest absolute Gasteiger partial charge is 0.508 e. The van der Waals surface area contributed by atoms with Crippen LogP contribution in [0.4, 0.5) is 0 Å². The Morgan fingerprint density at radius 1 is 0.487 bits per heavy atom. The number of hydrogen-bond acceptors (Lipinski definition) is 2. The molecule has 1 aromatic rings. The van der Waals surface area contributed by atoms with Gasteiger partial charge in [0, 0.05) is 12.1 Å². The van der Waals surface area contributed by atoms with Crippen molar-refractivity contribution in [2.45, 2.75) is 180 Å². The fourth-order valence-corrected chi connectivity index (χ4v) is 5.53. The summed E-state index contributed by atoms with van der Waals surface area (Å²) in [6.07, 6.45) is 38.0. The number of benzene rings is 1. The summed E-state index contributed by atoms with van der Waals surface area (Å²) >= 11 is 0. The Kier molecular flexibility index (Phi) is 25.5. The minimum atomic E-state index is -0.0511. The summed E-state index contributed by atoms with van der Waals surface area (Å²) < 4.78 is 0. The summed E-state index contributed by atoms with van der Waals surface area (Å²) in [4.78, 5) is 12.0. The van der Waals surface area contributed by atoms with E-state index in [1.54, 1.807) is 24.3 Å². The van der Waals surface area contributed by atoms with Gasteiger partial charge in [-0.3, -0.25) is 4.79 Å². The zero-order valence-corrected chi connectivity index (χ0v) is 26.0. The third-order valence-electron chi connectivity index (χ3n) is 8.20. The Balaban J connectivity index is 1.68. The second-order valence-corrected chi connectivity index (χ2v) is 12.0. The zero-order valence-electron chi connectivity index (χ0n) is 26.0. The van der Waals surface area contributed by atoms with Crippen molar-refractivity contribution < 1.29 is 9.90 Å². The molecule has 0 saturated carbocycles. The molecule has 39 heavy (non-hydrogen) atoms. The van der Waals surface area contributed by atoms with E-state index in [0.29, 0.717) is 5.56 Å². The standard InChI is InChI=1S/C36H65NO2/c1-2-3-4-5-6-7-8-9-10-11-12-13-14-15-16-17-18-19-20-21-22-23-24-25-26-27-28-33-37-36(39)34-29-31-35(38)32-30-34/h29-32,38H,2-28,33H2,1H3,(H,37,39). The van der Waals surface area contributed by atoms with Crippen molar-refractivity contribution in [1.29, 1.82) is 0 Å². The van der Waals surface area contributed by atoms with E-state index in [4.69, 9.17) is 0 Å². The van der Waals surface area contributed by atoms with E-state index in [-0.39, 0.29) is 11.7 Å². The van der Waals surface area contributed by atoms with Crippen LogP contribution in [0, 0.1) is 0 Å². The highest BCUT2D eigenvalue weighted by Crippen LogP contribution is 2.16. The van der Waals surface area contributed by atoms with Crippen LogP contribution in [0.25, 0.3) is 0 Å². The lowest BCUT2D eigenvalue weighted by atomic mass is 10.0. The number of phenolic OH excluding ortho intramolecular Hbond substituents is 1. The van der Waals surface area contributed by atoms with Crippen LogP contribution in [0.15, 0.2) is 24.3 Å². The smallest absolute Gasteiger partial charge is 0.251 e. The molecule has 0 saturated heterocycles. The van der Waals surface area contributed by atoms with Gasteiger partial charge in [0.05, 0.1) is 0 Å². The molecule has 0 aromatic heterocycles. The van der Waals surface area contributed by atoms with Gasteiger partial charge < -0.3 is 10.4 Å². The molecule has 1 aromatic carbocycles. The molecule has 0 aliphatic carbocycles. The first-order valence-electron chi connectivity index (χ1n) is 17.3. The summed E-state index contributed by atoms with van der Waals surface area (Å²) in [6.45, 7) is 3.03. The van der Waals surface area contributed by atoms with E-state index < -0.39 is 0 Å². The molecule has 0 atom stereocenters. The third-order valence-corrected chi connectivity index (χ3v) is 8.20. The zero-order chi connectivity index (χ0) is 28.1. The number of carbonyl (C=O) groups is 1. The molecule has 0 unspecified atom stereocenters. The summed E-state index contributed by atoms with van der Waals surface area (Å²) in [5, 5.41) is 12.3. The Bertz CT molecular complexity index is 642. The van der Waals surface area contributed by atoms with Crippen LogP contribution in [-0.2, 0) is 0 Å². The highest BCUT2D eigenvalue weighted by Gasteiger charge is 2.04. The van der Waals surface area contributed by atoms with Gasteiger partial charge in [-0.05, 0) is 30.7 Å². The maximum atomic E-state index is 12.0. The molecule has 0 fully saturated rings. The fourth-order valence-electron chi connectivity index (χ4n) is 5.53. The molecule has 2 N–H and O–H groups in total. The highest BCUT2D eigenvalue weighted by atomic mass is 16.3. The van der Waals surface area contributed by atoms with Gasteiger partial charge in [-0.2, -0.15) is 0 Å². The number of phenols is 1. The van der Waals surface area contributed by atoms with E-state index in [2.05, 4.69) is 12.2 Å². The normalized spacial score (nSPS) is 11.2. The number of carbonyl (C=O) groups excluding carboxylic acids is 1. The Labute approximate surface area is 243 Å². The average molecular weight is 544 g/mol. The molecule has 0 radical (unpaired) electrons. The first-order valence-corrected chi connectivity index (χ1v) is 17.3. The van der Waals surface area contributed by atoms with Gasteiger partial charge in [0.15, 0.2) is 0 Å². The monoisotopic (exact) mass is 544 g/mol. The molecule has 3 nitrogen and oxygen atoms in total. The van der Waals surface area contributed by atoms with Crippen molar-refractivity contribution in [3.63, 3.8) is 0 Å². The minimum Gasteiger partial charge on any atom is -0.508 e. The Hall–Kier alpha value is -1.51. The van der Waals surface area contributed by atoms with Crippen LogP contribution in [0.1, 0.15) is 191 Å². The van der Waals surface area contributed by atoms with Gasteiger partial charge in [0.2, 0.25) is 0 Å². The van der Waals surface area contributed by atoms with Gasteiger partial charge in [-0.1, -0.05) is 174 Å². The number of aromatic hydroxyl groups is 1. The lowest BCUT2D eigenvalue weighted by Crippen LogP contribution is -2.24. The Morgan fingerprint density at radius 3 is 1.08 bits per heavy atom. The number of unbranched alkanes of at least 4 members (excludes halogenated alkanes) is 26. The van der Waals surface area contributed by atoms with E-state index >= 15 is 0 Å². The highest BCUT2D eigenvalue weighted by molar-refractivity contribution is 5.94. The molecule has 1 amide bonds. The van der Waals surface area contributed by atoms with Crippen LogP contribution in [-0.4, -0.2) is 17.6 Å². The SMILES string of the molecule is CCCCCCCCCCCCCCCCCCCCCCCCCCCCCNC(=O)c1ccc(O)cc1. The molecule has 3 heteroatoms. The predicted octanol–water partition coefficient (Wildman–Crippen LogP) is 11.7. The van der Waals surface area contributed by atoms with Crippen LogP contribution in [0.5, 0.6) is 5.75 Å². The fraction of sp³-hybridized carbons (Fsp3) is 0.806. The van der Waals surface area contributed by atoms with E-state index in [1.165, 1.54) is 167 Å². The van der Waals surface area contributed by atoms with Crippen molar-refractivity contribution in [2.75, 3.05) is 6.54 Å². The second kappa shape index (κ2) is 28.0. The first kappa shape index (κ1) is 35.5. The number of hydrogen-bond donors (Lipinski definition) is 2. The predicted molar refractivity (Wildman–Crippen MR) is 171 cm³/mol. The first-order chi connectivity index (χ1) is 19.2. The van der Waals surface area contributed by atoms with E-state index in [1.807, 2.05) is 0 Å². The van der Waals surface area contributed by atoms with Crippen LogP contribution in [0.3, 0.4) is 0 Å². The number of amides is 1. The van der Waals surface area contributed by atoms with Crippen LogP contribution >= 0.6 is 0 Å². The summed E-state index contributed by atoms with van der Waals surface area (Å²) in [7, 11) is 0. The van der Waals surface area contributed by atoms with Gasteiger partial charge in [0.1, 0.15) is 5.75 Å². The number of rotatable bonds is 29. The molecule has 226 valence electrons. The summed E-state index contributed by atoms with van der Waals surface area (Å²) in [5.74, 6) is 0.141. The van der Waals surface area contributed by atoms with Gasteiger partial charge >= 0.3 is 0 Å². The van der Waals surface area contributed by atoms with Gasteiger partial charge in [-0.25, -0.2) is 0 Å². The Morgan fingerprint density at radius 2 is 0.769 bits per heavy atom. The molecule has 0 aliphatic heterocycles. The molecule has 0 spiro atoms. The number of nitrogens with one attached hydrogen (secondary N) is 1. The summed E-state index contributed by atoms with van der Waals surface area (Å²) in [6, 6.07) is 6.42. The van der Waals surface area contributed by atoms with Crippen LogP contribution < -0.4 is 5.32 Å². The molecular formula is C36H65NO2. The maximum absolute atomic E-state index is 12.0. The van der Waals surface area contributed by atoms with Crippen molar-refractivity contribution in [3.8, 4) is 5.75 Å². The molecule has 0 aliphatic rings. The van der Waals surface area contributed by atoms with Crippen molar-refractivity contribution in [3.05, 3.63) is 29.8 Å². The van der Waals surface area contributed by atoms with Crippen LogP contribution in [0.2, 0.25) is 0 Å². The lowest BCUT2D eigenvalue weighted by Gasteiger charge is -2.06. The second-order valence-electron chi connectivity index (χ2n) is 12.0. The average Bonchev–Trinajstić information content (AvgIpc) is 2.94. The van der Waals surface area contributed by atoms with Gasteiger partial charge in [-0.15, -0.1) is 0 Å². The molecule has 0 heterocycles. The summed E-state index contributed by atoms with van der Waals surface area (Å²) in [5.41, 5.74) is 0.609. The molecule has 0 bridgehead atoms. The van der Waals surface area contributed by atoms with E-state index in [9.17, 15) is 9.90 Å². The van der Waals surface area contributed by atoms with Crippen molar-refractivity contribution in [2.24, 2.45) is 0 Å². The van der Waals surface area contributed by atoms with Gasteiger partial charge in [0.25, 0.3) is 5.91 Å².